The van der Waals surface area contributed by atoms with Crippen molar-refractivity contribution in [1.82, 2.24) is 14.8 Å². The van der Waals surface area contributed by atoms with Gasteiger partial charge in [-0.05, 0) is 18.6 Å². The molecule has 3 heterocycles. The van der Waals surface area contributed by atoms with Crippen molar-refractivity contribution in [1.29, 1.82) is 0 Å². The number of hydrogen-bond donors (Lipinski definition) is 0. The molecule has 0 spiro atoms. The van der Waals surface area contributed by atoms with E-state index in [1.807, 2.05) is 17.3 Å². The van der Waals surface area contributed by atoms with E-state index in [-0.39, 0.29) is 11.2 Å². The molecule has 1 unspecified atom stereocenters. The molecule has 2 fully saturated rings. The predicted octanol–water partition coefficient (Wildman–Crippen LogP) is 1.52. The molecule has 0 bridgehead atoms. The fraction of sp³-hybridized carbons (Fsp3) is 0.556. The quantitative estimate of drug-likeness (QED) is 0.775. The zero-order valence-corrected chi connectivity index (χ0v) is 15.0. The maximum atomic E-state index is 12.0. The molecule has 0 aliphatic carbocycles. The summed E-state index contributed by atoms with van der Waals surface area (Å²) >= 11 is 1.73. The lowest BCUT2D eigenvalue weighted by molar-refractivity contribution is -0.128. The first-order valence-electron chi connectivity index (χ1n) is 8.51. The number of nitrogens with zero attached hydrogens (tertiary/aromatic N) is 4. The van der Waals surface area contributed by atoms with Crippen LogP contribution in [0.4, 0.5) is 5.69 Å². The van der Waals surface area contributed by atoms with Gasteiger partial charge < -0.3 is 9.80 Å². The Balaban J connectivity index is 1.39. The van der Waals surface area contributed by atoms with Crippen molar-refractivity contribution in [3.8, 4) is 11.8 Å². The summed E-state index contributed by atoms with van der Waals surface area (Å²) in [5.74, 6) is 7.45. The number of thioether (sulfide) groups is 1. The number of hydrogen-bond acceptors (Lipinski definition) is 5. The molecule has 0 aromatic carbocycles. The maximum Gasteiger partial charge on any atom is 0.237 e. The third kappa shape index (κ3) is 4.22. The summed E-state index contributed by atoms with van der Waals surface area (Å²) in [6, 6.07) is 4.12. The number of carbonyl (C=O) groups excluding carboxylic acids is 1. The van der Waals surface area contributed by atoms with Crippen LogP contribution in [0.25, 0.3) is 0 Å². The van der Waals surface area contributed by atoms with Crippen molar-refractivity contribution in [2.24, 2.45) is 0 Å². The highest BCUT2D eigenvalue weighted by Crippen LogP contribution is 2.25. The summed E-state index contributed by atoms with van der Waals surface area (Å²) in [5.41, 5.74) is 1.24. The van der Waals surface area contributed by atoms with Crippen molar-refractivity contribution in [2.75, 3.05) is 50.0 Å². The third-order valence-corrected chi connectivity index (χ3v) is 5.89. The Morgan fingerprint density at radius 2 is 1.88 bits per heavy atom. The van der Waals surface area contributed by atoms with Gasteiger partial charge in [0, 0.05) is 44.3 Å². The van der Waals surface area contributed by atoms with Gasteiger partial charge in [-0.15, -0.1) is 11.8 Å². The molecular weight excluding hydrogens is 320 g/mol. The van der Waals surface area contributed by atoms with Crippen LogP contribution >= 0.6 is 11.8 Å². The number of amides is 1. The highest BCUT2D eigenvalue weighted by molar-refractivity contribution is 8.01. The van der Waals surface area contributed by atoms with Gasteiger partial charge in [-0.2, -0.15) is 0 Å². The van der Waals surface area contributed by atoms with Gasteiger partial charge in [0.1, 0.15) is 0 Å². The second-order valence-corrected chi connectivity index (χ2v) is 7.21. The highest BCUT2D eigenvalue weighted by atomic mass is 32.2. The first-order valence-corrected chi connectivity index (χ1v) is 9.56. The minimum atomic E-state index is 0.146. The molecule has 2 saturated heterocycles. The van der Waals surface area contributed by atoms with Crippen LogP contribution < -0.4 is 4.90 Å². The van der Waals surface area contributed by atoms with Gasteiger partial charge in [-0.25, -0.2) is 0 Å². The fourth-order valence-corrected chi connectivity index (χ4v) is 4.08. The van der Waals surface area contributed by atoms with E-state index in [4.69, 9.17) is 0 Å². The van der Waals surface area contributed by atoms with Crippen LogP contribution in [0.1, 0.15) is 13.3 Å². The molecule has 0 saturated carbocycles. The minimum absolute atomic E-state index is 0.146. The fourth-order valence-electron chi connectivity index (χ4n) is 2.97. The van der Waals surface area contributed by atoms with Gasteiger partial charge in [-0.1, -0.05) is 18.8 Å². The lowest BCUT2D eigenvalue weighted by Crippen LogP contribution is -2.46. The molecule has 1 amide bonds. The highest BCUT2D eigenvalue weighted by Gasteiger charge is 2.29. The summed E-state index contributed by atoms with van der Waals surface area (Å²) < 4.78 is 0. The van der Waals surface area contributed by atoms with E-state index in [0.717, 1.165) is 45.0 Å². The number of aromatic nitrogens is 1. The van der Waals surface area contributed by atoms with Crippen LogP contribution in [-0.2, 0) is 4.79 Å². The van der Waals surface area contributed by atoms with Crippen LogP contribution in [-0.4, -0.2) is 71.1 Å². The zero-order valence-electron chi connectivity index (χ0n) is 14.1. The van der Waals surface area contributed by atoms with E-state index < -0.39 is 0 Å². The second-order valence-electron chi connectivity index (χ2n) is 6.05. The normalized spacial score (nSPS) is 21.7. The molecule has 0 radical (unpaired) electrons. The lowest BCUT2D eigenvalue weighted by atomic mass is 10.2. The number of carbonyl (C=O) groups is 1. The van der Waals surface area contributed by atoms with Gasteiger partial charge >= 0.3 is 0 Å². The lowest BCUT2D eigenvalue weighted by Gasteiger charge is -2.35. The SMILES string of the molecule is CCC1SCN(CC#CCN2CCN(c3ccncc3)CC2)C1=O. The van der Waals surface area contributed by atoms with Crippen molar-refractivity contribution >= 4 is 23.4 Å². The van der Waals surface area contributed by atoms with Gasteiger partial charge in [-0.3, -0.25) is 14.7 Å². The summed E-state index contributed by atoms with van der Waals surface area (Å²) in [5, 5.41) is 0.146. The number of anilines is 1. The molecule has 2 aliphatic rings. The smallest absolute Gasteiger partial charge is 0.237 e. The summed E-state index contributed by atoms with van der Waals surface area (Å²) in [6.07, 6.45) is 4.59. The summed E-state index contributed by atoms with van der Waals surface area (Å²) in [7, 11) is 0. The van der Waals surface area contributed by atoms with E-state index in [2.05, 4.69) is 45.7 Å². The molecule has 5 nitrogen and oxygen atoms in total. The van der Waals surface area contributed by atoms with E-state index >= 15 is 0 Å². The van der Waals surface area contributed by atoms with Crippen LogP contribution in [0.2, 0.25) is 0 Å². The third-order valence-electron chi connectivity index (χ3n) is 4.49. The molecule has 3 rings (SSSR count). The predicted molar refractivity (Wildman–Crippen MR) is 98.9 cm³/mol. The molecule has 1 aromatic heterocycles. The standard InChI is InChI=1S/C18H24N4OS/c1-2-17-18(23)22(15-24-17)10-4-3-9-20-11-13-21(14-12-20)16-5-7-19-8-6-16/h5-8,17H,2,9-15H2,1H3. The van der Waals surface area contributed by atoms with Crippen molar-refractivity contribution in [3.63, 3.8) is 0 Å². The Bertz CT molecular complexity index is 604. The topological polar surface area (TPSA) is 39.7 Å². The van der Waals surface area contributed by atoms with Crippen molar-refractivity contribution in [2.45, 2.75) is 18.6 Å². The Morgan fingerprint density at radius 3 is 2.54 bits per heavy atom. The largest absolute Gasteiger partial charge is 0.369 e. The molecule has 128 valence electrons. The van der Waals surface area contributed by atoms with Crippen molar-refractivity contribution < 1.29 is 4.79 Å². The van der Waals surface area contributed by atoms with Crippen LogP contribution in [0.5, 0.6) is 0 Å². The van der Waals surface area contributed by atoms with E-state index in [1.54, 1.807) is 11.8 Å². The average molecular weight is 344 g/mol. The Morgan fingerprint density at radius 1 is 1.17 bits per heavy atom. The number of piperazine rings is 1. The molecule has 1 atom stereocenters. The molecule has 0 N–H and O–H groups in total. The van der Waals surface area contributed by atoms with Crippen molar-refractivity contribution in [3.05, 3.63) is 24.5 Å². The van der Waals surface area contributed by atoms with Gasteiger partial charge in [0.2, 0.25) is 5.91 Å². The summed E-state index contributed by atoms with van der Waals surface area (Å²) in [4.78, 5) is 22.7. The van der Waals surface area contributed by atoms with Crippen LogP contribution in [0, 0.1) is 11.8 Å². The van der Waals surface area contributed by atoms with Gasteiger partial charge in [0.05, 0.1) is 24.2 Å². The average Bonchev–Trinajstić information content (AvgIpc) is 3.00. The van der Waals surface area contributed by atoms with Crippen LogP contribution in [0.15, 0.2) is 24.5 Å². The Hall–Kier alpha value is -1.71. The first kappa shape index (κ1) is 17.1. The molecule has 2 aliphatic heterocycles. The Kier molecular flexibility index (Phi) is 6.00. The maximum absolute atomic E-state index is 12.0. The zero-order chi connectivity index (χ0) is 16.8. The summed E-state index contributed by atoms with van der Waals surface area (Å²) in [6.45, 7) is 7.50. The van der Waals surface area contributed by atoms with Crippen LogP contribution in [0.3, 0.4) is 0 Å². The second kappa shape index (κ2) is 8.41. The van der Waals surface area contributed by atoms with Gasteiger partial charge in [0.15, 0.2) is 0 Å². The van der Waals surface area contributed by atoms with E-state index in [0.29, 0.717) is 6.54 Å². The monoisotopic (exact) mass is 344 g/mol. The molecular formula is C18H24N4OS. The first-order chi connectivity index (χ1) is 11.8. The number of rotatable bonds is 4. The minimum Gasteiger partial charge on any atom is -0.369 e. The number of pyridine rings is 1. The Labute approximate surface area is 148 Å². The molecule has 6 heteroatoms. The molecule has 24 heavy (non-hydrogen) atoms. The molecule has 1 aromatic rings. The van der Waals surface area contributed by atoms with Gasteiger partial charge in [0.25, 0.3) is 0 Å². The van der Waals surface area contributed by atoms with E-state index in [1.165, 1.54) is 5.69 Å². The van der Waals surface area contributed by atoms with E-state index in [9.17, 15) is 4.79 Å².